The van der Waals surface area contributed by atoms with Gasteiger partial charge >= 0.3 is 12.2 Å². The molecule has 88 valence electrons. The number of hydrogen-bond acceptors (Lipinski definition) is 3. The van der Waals surface area contributed by atoms with Crippen molar-refractivity contribution in [2.45, 2.75) is 18.8 Å². The van der Waals surface area contributed by atoms with Crippen LogP contribution in [0.1, 0.15) is 5.56 Å². The lowest BCUT2D eigenvalue weighted by Gasteiger charge is -2.32. The van der Waals surface area contributed by atoms with Gasteiger partial charge in [-0.05, 0) is 6.07 Å². The molecule has 3 nitrogen and oxygen atoms in total. The second-order valence-electron chi connectivity index (χ2n) is 3.14. The summed E-state index contributed by atoms with van der Waals surface area (Å²) in [5.74, 6) is -1.09. The number of para-hydroxylation sites is 1. The molecule has 0 aromatic heterocycles. The molecule has 1 aliphatic rings. The first-order chi connectivity index (χ1) is 7.37. The van der Waals surface area contributed by atoms with Crippen molar-refractivity contribution < 1.29 is 32.1 Å². The van der Waals surface area contributed by atoms with Crippen LogP contribution in [0.4, 0.5) is 17.6 Å². The van der Waals surface area contributed by atoms with E-state index >= 15 is 0 Å². The highest BCUT2D eigenvalue weighted by molar-refractivity contribution is 5.47. The van der Waals surface area contributed by atoms with Gasteiger partial charge in [-0.15, -0.1) is 0 Å². The summed E-state index contributed by atoms with van der Waals surface area (Å²) in [6.45, 7) is -0.617. The largest absolute Gasteiger partial charge is 0.507 e. The van der Waals surface area contributed by atoms with Crippen LogP contribution in [-0.4, -0.2) is 17.3 Å². The number of alkyl halides is 4. The van der Waals surface area contributed by atoms with E-state index in [1.807, 2.05) is 0 Å². The highest BCUT2D eigenvalue weighted by Crippen LogP contribution is 2.48. The van der Waals surface area contributed by atoms with E-state index in [2.05, 4.69) is 9.47 Å². The monoisotopic (exact) mass is 238 g/mol. The Kier molecular flexibility index (Phi) is 2.23. The van der Waals surface area contributed by atoms with Gasteiger partial charge in [-0.25, -0.2) is 0 Å². The van der Waals surface area contributed by atoms with E-state index in [4.69, 9.17) is 5.11 Å². The SMILES string of the molecule is OCc1cccc2c1OC(F)(F)C(F)(F)O2. The first-order valence-electron chi connectivity index (χ1n) is 4.24. The molecule has 0 saturated carbocycles. The van der Waals surface area contributed by atoms with Gasteiger partial charge in [0.15, 0.2) is 11.5 Å². The summed E-state index contributed by atoms with van der Waals surface area (Å²) in [7, 11) is 0. The van der Waals surface area contributed by atoms with Crippen LogP contribution in [0.2, 0.25) is 0 Å². The van der Waals surface area contributed by atoms with Crippen molar-refractivity contribution in [2.24, 2.45) is 0 Å². The Morgan fingerprint density at radius 2 is 1.69 bits per heavy atom. The maximum atomic E-state index is 12.8. The Hall–Kier alpha value is -1.50. The second-order valence-corrected chi connectivity index (χ2v) is 3.14. The number of ether oxygens (including phenoxy) is 2. The molecule has 16 heavy (non-hydrogen) atoms. The van der Waals surface area contributed by atoms with Gasteiger partial charge in [-0.2, -0.15) is 17.6 Å². The zero-order chi connectivity index (χ0) is 12.0. The number of halogens is 4. The molecule has 1 heterocycles. The Bertz CT molecular complexity index is 419. The van der Waals surface area contributed by atoms with Crippen molar-refractivity contribution in [1.29, 1.82) is 0 Å². The molecule has 0 unspecified atom stereocenters. The summed E-state index contributed by atoms with van der Waals surface area (Å²) in [5, 5.41) is 8.83. The standard InChI is InChI=1S/C9H6F4O3/c10-8(11)9(12,13)16-7-5(4-14)2-1-3-6(7)15-8/h1-3,14H,4H2. The fraction of sp³-hybridized carbons (Fsp3) is 0.333. The number of aliphatic hydroxyl groups is 1. The van der Waals surface area contributed by atoms with Crippen LogP contribution in [0.5, 0.6) is 11.5 Å². The molecule has 7 heteroatoms. The number of hydrogen-bond donors (Lipinski definition) is 1. The van der Waals surface area contributed by atoms with Crippen LogP contribution in [0, 0.1) is 0 Å². The van der Waals surface area contributed by atoms with Crippen LogP contribution in [0.3, 0.4) is 0 Å². The van der Waals surface area contributed by atoms with E-state index in [9.17, 15) is 17.6 Å². The van der Waals surface area contributed by atoms with Crippen LogP contribution < -0.4 is 9.47 Å². The van der Waals surface area contributed by atoms with Crippen molar-refractivity contribution >= 4 is 0 Å². The Labute approximate surface area is 87.2 Å². The first-order valence-corrected chi connectivity index (χ1v) is 4.24. The summed E-state index contributed by atoms with van der Waals surface area (Å²) in [6.07, 6.45) is -9.49. The Balaban J connectivity index is 2.51. The van der Waals surface area contributed by atoms with Gasteiger partial charge < -0.3 is 14.6 Å². The number of benzene rings is 1. The van der Waals surface area contributed by atoms with Crippen molar-refractivity contribution in [3.8, 4) is 11.5 Å². The molecule has 0 atom stereocenters. The predicted molar refractivity (Wildman–Crippen MR) is 43.5 cm³/mol. The van der Waals surface area contributed by atoms with Gasteiger partial charge in [-0.3, -0.25) is 0 Å². The van der Waals surface area contributed by atoms with E-state index in [1.165, 1.54) is 12.1 Å². The van der Waals surface area contributed by atoms with Gasteiger partial charge in [0.1, 0.15) is 0 Å². The molecular formula is C9H6F4O3. The minimum Gasteiger partial charge on any atom is -0.421 e. The summed E-state index contributed by atoms with van der Waals surface area (Å²) in [6, 6.07) is 3.60. The Morgan fingerprint density at radius 1 is 1.06 bits per heavy atom. The zero-order valence-electron chi connectivity index (χ0n) is 7.71. The van der Waals surface area contributed by atoms with E-state index in [0.29, 0.717) is 0 Å². The maximum Gasteiger partial charge on any atom is 0.507 e. The van der Waals surface area contributed by atoms with Crippen LogP contribution in [-0.2, 0) is 6.61 Å². The molecule has 0 saturated heterocycles. The molecule has 0 aliphatic carbocycles. The second kappa shape index (κ2) is 3.24. The third-order valence-corrected chi connectivity index (χ3v) is 2.04. The van der Waals surface area contributed by atoms with Crippen molar-refractivity contribution in [3.05, 3.63) is 23.8 Å². The Morgan fingerprint density at radius 3 is 2.31 bits per heavy atom. The highest BCUT2D eigenvalue weighted by atomic mass is 19.3. The predicted octanol–water partition coefficient (Wildman–Crippen LogP) is 2.14. The average molecular weight is 238 g/mol. The fourth-order valence-corrected chi connectivity index (χ4v) is 1.27. The lowest BCUT2D eigenvalue weighted by Crippen LogP contribution is -2.52. The molecule has 0 spiro atoms. The van der Waals surface area contributed by atoms with Gasteiger partial charge in [0, 0.05) is 5.56 Å². The van der Waals surface area contributed by atoms with Crippen molar-refractivity contribution in [1.82, 2.24) is 0 Å². The molecule has 1 aliphatic heterocycles. The third kappa shape index (κ3) is 1.47. The summed E-state index contributed by atoms with van der Waals surface area (Å²) < 4.78 is 58.8. The molecule has 1 aromatic carbocycles. The first kappa shape index (κ1) is 11.0. The van der Waals surface area contributed by atoms with E-state index in [0.717, 1.165) is 6.07 Å². The smallest absolute Gasteiger partial charge is 0.421 e. The number of fused-ring (bicyclic) bond motifs is 1. The van der Waals surface area contributed by atoms with Crippen LogP contribution in [0.15, 0.2) is 18.2 Å². The van der Waals surface area contributed by atoms with Crippen molar-refractivity contribution in [2.75, 3.05) is 0 Å². The fourth-order valence-electron chi connectivity index (χ4n) is 1.27. The molecule has 1 N–H and O–H groups in total. The number of aliphatic hydroxyl groups excluding tert-OH is 1. The zero-order valence-corrected chi connectivity index (χ0v) is 7.71. The van der Waals surface area contributed by atoms with Crippen molar-refractivity contribution in [3.63, 3.8) is 0 Å². The minimum atomic E-state index is -4.76. The molecular weight excluding hydrogens is 232 g/mol. The van der Waals surface area contributed by atoms with Gasteiger partial charge in [0.05, 0.1) is 6.61 Å². The summed E-state index contributed by atoms with van der Waals surface area (Å²) in [5.41, 5.74) is -0.0484. The third-order valence-electron chi connectivity index (χ3n) is 2.04. The van der Waals surface area contributed by atoms with E-state index < -0.39 is 30.3 Å². The van der Waals surface area contributed by atoms with E-state index in [-0.39, 0.29) is 5.56 Å². The molecule has 1 aromatic rings. The average Bonchev–Trinajstić information content (AvgIpc) is 2.18. The van der Waals surface area contributed by atoms with Crippen LogP contribution in [0.25, 0.3) is 0 Å². The van der Waals surface area contributed by atoms with Gasteiger partial charge in [0.25, 0.3) is 0 Å². The van der Waals surface area contributed by atoms with Gasteiger partial charge in [-0.1, -0.05) is 12.1 Å². The molecule has 0 amide bonds. The van der Waals surface area contributed by atoms with E-state index in [1.54, 1.807) is 0 Å². The topological polar surface area (TPSA) is 38.7 Å². The quantitative estimate of drug-likeness (QED) is 0.762. The normalized spacial score (nSPS) is 20.6. The van der Waals surface area contributed by atoms with Gasteiger partial charge in [0.2, 0.25) is 0 Å². The van der Waals surface area contributed by atoms with Crippen LogP contribution >= 0.6 is 0 Å². The summed E-state index contributed by atoms with van der Waals surface area (Å²) in [4.78, 5) is 0. The molecule has 2 rings (SSSR count). The lowest BCUT2D eigenvalue weighted by molar-refractivity contribution is -0.391. The minimum absolute atomic E-state index is 0.0484. The summed E-state index contributed by atoms with van der Waals surface area (Å²) >= 11 is 0. The highest BCUT2D eigenvalue weighted by Gasteiger charge is 2.66. The molecule has 0 bridgehead atoms. The molecule has 0 radical (unpaired) electrons. The lowest BCUT2D eigenvalue weighted by atomic mass is 10.2. The number of rotatable bonds is 1. The maximum absolute atomic E-state index is 12.8. The molecule has 0 fully saturated rings.